The van der Waals surface area contributed by atoms with E-state index in [1.54, 1.807) is 9.80 Å². The van der Waals surface area contributed by atoms with E-state index in [1.165, 1.54) is 4.90 Å². The summed E-state index contributed by atoms with van der Waals surface area (Å²) in [7, 11) is -3.32. The Morgan fingerprint density at radius 1 is 1.00 bits per heavy atom. The molecule has 0 spiro atoms. The van der Waals surface area contributed by atoms with Crippen LogP contribution >= 0.6 is 0 Å². The number of sulfone groups is 1. The Balaban J connectivity index is 1.47. The molecule has 33 heavy (non-hydrogen) atoms. The molecule has 174 valence electrons. The van der Waals surface area contributed by atoms with Gasteiger partial charge in [-0.25, -0.2) is 13.2 Å². The monoisotopic (exact) mass is 469 g/mol. The van der Waals surface area contributed by atoms with Crippen LogP contribution in [0.2, 0.25) is 0 Å². The third-order valence-corrected chi connectivity index (χ3v) is 8.25. The summed E-state index contributed by atoms with van der Waals surface area (Å²) >= 11 is 0. The first-order chi connectivity index (χ1) is 15.6. The summed E-state index contributed by atoms with van der Waals surface area (Å²) in [6.07, 6.45) is 0. The highest BCUT2D eigenvalue weighted by Gasteiger charge is 2.54. The topological polar surface area (TPSA) is 87.2 Å². The molecule has 3 amide bonds. The molecule has 3 heterocycles. The van der Waals surface area contributed by atoms with Gasteiger partial charge in [0.2, 0.25) is 5.91 Å². The quantitative estimate of drug-likeness (QED) is 0.645. The number of aryl methyl sites for hydroxylation is 3. The Hall–Kier alpha value is -3.07. The first-order valence-corrected chi connectivity index (χ1v) is 12.9. The normalized spacial score (nSPS) is 23.4. The van der Waals surface area contributed by atoms with Crippen LogP contribution in [-0.4, -0.2) is 68.5 Å². The van der Waals surface area contributed by atoms with Crippen LogP contribution in [0.1, 0.15) is 16.7 Å². The van der Waals surface area contributed by atoms with Gasteiger partial charge in [0, 0.05) is 5.69 Å². The molecule has 0 N–H and O–H groups in total. The van der Waals surface area contributed by atoms with Gasteiger partial charge in [0.15, 0.2) is 9.84 Å². The Morgan fingerprint density at radius 3 is 2.42 bits per heavy atom. The third-order valence-electron chi connectivity index (χ3n) is 6.55. The molecular weight excluding hydrogens is 442 g/mol. The summed E-state index contributed by atoms with van der Waals surface area (Å²) in [5.74, 6) is 0.159. The Bertz CT molecular complexity index is 1240. The van der Waals surface area contributed by atoms with Crippen molar-refractivity contribution < 1.29 is 22.7 Å². The van der Waals surface area contributed by atoms with Crippen LogP contribution in [0.15, 0.2) is 36.4 Å². The number of hydrogen-bond acceptors (Lipinski definition) is 5. The van der Waals surface area contributed by atoms with Gasteiger partial charge in [-0.3, -0.25) is 9.69 Å². The molecule has 8 nitrogen and oxygen atoms in total. The van der Waals surface area contributed by atoms with Gasteiger partial charge in [-0.05, 0) is 61.7 Å². The minimum absolute atomic E-state index is 0.0966. The van der Waals surface area contributed by atoms with Crippen molar-refractivity contribution in [3.8, 4) is 5.75 Å². The lowest BCUT2D eigenvalue weighted by Gasteiger charge is -2.32. The predicted octanol–water partition coefficient (Wildman–Crippen LogP) is 2.45. The molecule has 0 bridgehead atoms. The van der Waals surface area contributed by atoms with Crippen LogP contribution in [0.4, 0.5) is 16.2 Å². The molecule has 2 saturated heterocycles. The molecule has 2 aromatic carbocycles. The Kier molecular flexibility index (Phi) is 5.12. The van der Waals surface area contributed by atoms with Crippen LogP contribution in [0.25, 0.3) is 0 Å². The molecule has 2 atom stereocenters. The van der Waals surface area contributed by atoms with Gasteiger partial charge in [0.1, 0.15) is 18.9 Å². The summed E-state index contributed by atoms with van der Waals surface area (Å²) in [5, 5.41) is 0. The standard InChI is InChI=1S/C24H27N3O5S/c1-15-4-5-22-19(11-15)25(6-7-32-22)23(28)12-26-20-13-33(30,31)14-21(20)27(24(26)29)18-9-16(2)8-17(3)10-18/h4-5,8-11,20-21H,6-7,12-14H2,1-3H3/t20-,21-/m0/s1. The zero-order valence-corrected chi connectivity index (χ0v) is 19.8. The van der Waals surface area contributed by atoms with Crippen LogP contribution in [0.5, 0.6) is 5.75 Å². The fraction of sp³-hybridized carbons (Fsp3) is 0.417. The van der Waals surface area contributed by atoms with E-state index < -0.39 is 21.9 Å². The van der Waals surface area contributed by atoms with Crippen molar-refractivity contribution in [2.75, 3.05) is 41.0 Å². The van der Waals surface area contributed by atoms with Crippen LogP contribution in [0.3, 0.4) is 0 Å². The molecule has 3 aliphatic rings. The van der Waals surface area contributed by atoms with Gasteiger partial charge in [-0.2, -0.15) is 0 Å². The lowest BCUT2D eigenvalue weighted by Crippen LogP contribution is -2.48. The maximum Gasteiger partial charge on any atom is 0.325 e. The van der Waals surface area contributed by atoms with E-state index in [9.17, 15) is 18.0 Å². The van der Waals surface area contributed by atoms with Gasteiger partial charge >= 0.3 is 6.03 Å². The van der Waals surface area contributed by atoms with Crippen molar-refractivity contribution in [3.63, 3.8) is 0 Å². The highest BCUT2D eigenvalue weighted by Crippen LogP contribution is 2.37. The summed E-state index contributed by atoms with van der Waals surface area (Å²) in [5.41, 5.74) is 4.33. The van der Waals surface area contributed by atoms with E-state index in [4.69, 9.17) is 4.74 Å². The number of rotatable bonds is 3. The highest BCUT2D eigenvalue weighted by atomic mass is 32.2. The van der Waals surface area contributed by atoms with Gasteiger partial charge in [0.25, 0.3) is 0 Å². The lowest BCUT2D eigenvalue weighted by atomic mass is 10.1. The van der Waals surface area contributed by atoms with Gasteiger partial charge < -0.3 is 14.5 Å². The first kappa shape index (κ1) is 21.8. The molecule has 5 rings (SSSR count). The van der Waals surface area contributed by atoms with Crippen molar-refractivity contribution in [1.29, 1.82) is 0 Å². The Labute approximate surface area is 193 Å². The minimum atomic E-state index is -3.32. The molecule has 2 aromatic rings. The second kappa shape index (κ2) is 7.76. The number of amides is 3. The molecule has 0 saturated carbocycles. The predicted molar refractivity (Wildman–Crippen MR) is 126 cm³/mol. The number of carbonyl (C=O) groups excluding carboxylic acids is 2. The number of anilines is 2. The van der Waals surface area contributed by atoms with Gasteiger partial charge in [-0.15, -0.1) is 0 Å². The Morgan fingerprint density at radius 2 is 1.70 bits per heavy atom. The van der Waals surface area contributed by atoms with Gasteiger partial charge in [0.05, 0.1) is 35.8 Å². The SMILES string of the molecule is Cc1cc(C)cc(N2C(=O)N(CC(=O)N3CCOc4ccc(C)cc43)[C@H]3CS(=O)(=O)C[C@@H]32)c1. The second-order valence-electron chi connectivity index (χ2n) is 9.20. The van der Waals surface area contributed by atoms with Crippen molar-refractivity contribution in [2.24, 2.45) is 0 Å². The van der Waals surface area contributed by atoms with Crippen molar-refractivity contribution in [2.45, 2.75) is 32.9 Å². The molecule has 3 aliphatic heterocycles. The van der Waals surface area contributed by atoms with E-state index in [-0.39, 0.29) is 30.0 Å². The fourth-order valence-electron chi connectivity index (χ4n) is 5.17. The van der Waals surface area contributed by atoms with E-state index in [1.807, 2.05) is 57.2 Å². The average Bonchev–Trinajstić information content (AvgIpc) is 3.16. The number of fused-ring (bicyclic) bond motifs is 2. The van der Waals surface area contributed by atoms with E-state index >= 15 is 0 Å². The van der Waals surface area contributed by atoms with E-state index in [2.05, 4.69) is 0 Å². The molecule has 2 fully saturated rings. The number of benzene rings is 2. The molecule has 0 unspecified atom stereocenters. The fourth-order valence-corrected chi connectivity index (χ4v) is 7.12. The zero-order chi connectivity index (χ0) is 23.5. The highest BCUT2D eigenvalue weighted by molar-refractivity contribution is 7.91. The molecule has 0 radical (unpaired) electrons. The lowest BCUT2D eigenvalue weighted by molar-refractivity contribution is -0.119. The van der Waals surface area contributed by atoms with Crippen LogP contribution in [-0.2, 0) is 14.6 Å². The number of hydrogen-bond donors (Lipinski definition) is 0. The summed E-state index contributed by atoms with van der Waals surface area (Å²) in [6.45, 7) is 6.40. The number of nitrogens with zero attached hydrogens (tertiary/aromatic N) is 3. The van der Waals surface area contributed by atoms with E-state index in [0.29, 0.717) is 30.3 Å². The first-order valence-electron chi connectivity index (χ1n) is 11.1. The summed E-state index contributed by atoms with van der Waals surface area (Å²) in [6, 6.07) is 10.1. The second-order valence-corrected chi connectivity index (χ2v) is 11.4. The number of carbonyl (C=O) groups is 2. The number of ether oxygens (including phenoxy) is 1. The summed E-state index contributed by atoms with van der Waals surface area (Å²) in [4.78, 5) is 31.6. The van der Waals surface area contributed by atoms with Crippen molar-refractivity contribution in [1.82, 2.24) is 4.90 Å². The molecule has 0 aromatic heterocycles. The van der Waals surface area contributed by atoms with Crippen LogP contribution < -0.4 is 14.5 Å². The summed E-state index contributed by atoms with van der Waals surface area (Å²) < 4.78 is 30.7. The van der Waals surface area contributed by atoms with Crippen molar-refractivity contribution in [3.05, 3.63) is 53.1 Å². The number of urea groups is 1. The van der Waals surface area contributed by atoms with Gasteiger partial charge in [-0.1, -0.05) is 12.1 Å². The maximum atomic E-state index is 13.5. The third kappa shape index (κ3) is 3.84. The zero-order valence-electron chi connectivity index (χ0n) is 18.9. The average molecular weight is 470 g/mol. The molecular formula is C24H27N3O5S. The smallest absolute Gasteiger partial charge is 0.325 e. The molecule has 0 aliphatic carbocycles. The van der Waals surface area contributed by atoms with E-state index in [0.717, 1.165) is 16.7 Å². The largest absolute Gasteiger partial charge is 0.490 e. The molecule has 9 heteroatoms. The van der Waals surface area contributed by atoms with Crippen molar-refractivity contribution >= 4 is 33.2 Å². The minimum Gasteiger partial charge on any atom is -0.490 e. The maximum absolute atomic E-state index is 13.5. The van der Waals surface area contributed by atoms with Crippen LogP contribution in [0, 0.1) is 20.8 Å².